The lowest BCUT2D eigenvalue weighted by molar-refractivity contribution is -0.135. The van der Waals surface area contributed by atoms with Crippen molar-refractivity contribution in [1.82, 2.24) is 9.97 Å². The van der Waals surface area contributed by atoms with Gasteiger partial charge >= 0.3 is 0 Å². The molecule has 0 atom stereocenters. The lowest BCUT2D eigenvalue weighted by Gasteiger charge is -2.34. The van der Waals surface area contributed by atoms with E-state index in [-0.39, 0.29) is 36.1 Å². The van der Waals surface area contributed by atoms with Crippen LogP contribution < -0.4 is 9.04 Å². The predicted octanol–water partition coefficient (Wildman–Crippen LogP) is 2.36. The fraction of sp³-hybridized carbons (Fsp3) is 0.333. The van der Waals surface area contributed by atoms with E-state index in [1.54, 1.807) is 18.2 Å². The maximum atomic E-state index is 12.9. The van der Waals surface area contributed by atoms with Crippen LogP contribution in [0.1, 0.15) is 18.4 Å². The molecule has 6 nitrogen and oxygen atoms in total. The molecule has 126 valence electrons. The lowest BCUT2D eigenvalue weighted by Crippen LogP contribution is -2.43. The molecule has 0 bridgehead atoms. The number of ether oxygens (including phenoxy) is 1. The standard InChI is InChI=1S/C15H13F2N3O3S/c16-15(17)7-11(8-15)23-13-5-6-18-14(19-13)20-9-10-3-1-2-4-12(10)24(20,21)22/h1-6,11H,7-9H2. The summed E-state index contributed by atoms with van der Waals surface area (Å²) < 4.78 is 57.4. The van der Waals surface area contributed by atoms with Crippen LogP contribution in [0.3, 0.4) is 0 Å². The molecule has 0 amide bonds. The highest BCUT2D eigenvalue weighted by Gasteiger charge is 2.47. The minimum absolute atomic E-state index is 0.0326. The molecule has 2 aliphatic rings. The Morgan fingerprint density at radius 3 is 2.67 bits per heavy atom. The summed E-state index contributed by atoms with van der Waals surface area (Å²) in [5.74, 6) is -2.64. The minimum atomic E-state index is -3.72. The quantitative estimate of drug-likeness (QED) is 0.847. The molecule has 0 radical (unpaired) electrons. The van der Waals surface area contributed by atoms with Crippen LogP contribution in [-0.2, 0) is 16.6 Å². The van der Waals surface area contributed by atoms with Crippen molar-refractivity contribution in [3.05, 3.63) is 42.1 Å². The van der Waals surface area contributed by atoms with Crippen LogP contribution in [0.25, 0.3) is 0 Å². The molecule has 24 heavy (non-hydrogen) atoms. The zero-order chi connectivity index (χ0) is 16.9. The Hall–Kier alpha value is -2.29. The molecule has 0 unspecified atom stereocenters. The highest BCUT2D eigenvalue weighted by molar-refractivity contribution is 7.93. The van der Waals surface area contributed by atoms with Crippen molar-refractivity contribution in [2.24, 2.45) is 0 Å². The van der Waals surface area contributed by atoms with Gasteiger partial charge in [0.05, 0.1) is 11.4 Å². The van der Waals surface area contributed by atoms with E-state index in [0.29, 0.717) is 5.56 Å². The fourth-order valence-electron chi connectivity index (χ4n) is 2.80. The smallest absolute Gasteiger partial charge is 0.267 e. The van der Waals surface area contributed by atoms with E-state index < -0.39 is 22.0 Å². The molecule has 2 aromatic rings. The topological polar surface area (TPSA) is 72.4 Å². The van der Waals surface area contributed by atoms with E-state index in [4.69, 9.17) is 4.74 Å². The molecule has 9 heteroatoms. The van der Waals surface area contributed by atoms with Crippen LogP contribution in [0, 0.1) is 0 Å². The van der Waals surface area contributed by atoms with Gasteiger partial charge in [0.25, 0.3) is 15.9 Å². The number of aromatic nitrogens is 2. The maximum Gasteiger partial charge on any atom is 0.267 e. The van der Waals surface area contributed by atoms with Gasteiger partial charge in [0.1, 0.15) is 6.10 Å². The zero-order valence-electron chi connectivity index (χ0n) is 12.4. The average molecular weight is 353 g/mol. The second-order valence-electron chi connectivity index (χ2n) is 5.82. The third-order valence-corrected chi connectivity index (χ3v) is 5.86. The van der Waals surface area contributed by atoms with Gasteiger partial charge < -0.3 is 4.74 Å². The summed E-state index contributed by atoms with van der Waals surface area (Å²) in [5, 5.41) is 0. The SMILES string of the molecule is O=S1(=O)c2ccccc2CN1c1nccc(OC2CC(F)(F)C2)n1. The fourth-order valence-corrected chi connectivity index (χ4v) is 4.37. The highest BCUT2D eigenvalue weighted by atomic mass is 32.2. The summed E-state index contributed by atoms with van der Waals surface area (Å²) in [6, 6.07) is 8.09. The van der Waals surface area contributed by atoms with Crippen LogP contribution in [0.4, 0.5) is 14.7 Å². The molecule has 1 saturated carbocycles. The third-order valence-electron chi connectivity index (χ3n) is 4.04. The molecule has 1 fully saturated rings. The Morgan fingerprint density at radius 2 is 1.96 bits per heavy atom. The third kappa shape index (κ3) is 2.48. The summed E-state index contributed by atoms with van der Waals surface area (Å²) in [6.07, 6.45) is 0.0159. The number of halogens is 2. The second-order valence-corrected chi connectivity index (χ2v) is 7.65. The molecule has 0 saturated heterocycles. The molecule has 2 heterocycles. The minimum Gasteiger partial charge on any atom is -0.474 e. The van der Waals surface area contributed by atoms with Gasteiger partial charge in [0.15, 0.2) is 0 Å². The van der Waals surface area contributed by atoms with Crippen molar-refractivity contribution in [3.63, 3.8) is 0 Å². The maximum absolute atomic E-state index is 12.9. The number of rotatable bonds is 3. The Bertz CT molecular complexity index is 896. The van der Waals surface area contributed by atoms with E-state index in [1.807, 2.05) is 0 Å². The van der Waals surface area contributed by atoms with Gasteiger partial charge in [-0.05, 0) is 11.6 Å². The number of anilines is 1. The van der Waals surface area contributed by atoms with Crippen molar-refractivity contribution in [2.75, 3.05) is 4.31 Å². The first-order chi connectivity index (χ1) is 11.4. The number of alkyl halides is 2. The molecule has 0 N–H and O–H groups in total. The van der Waals surface area contributed by atoms with Crippen LogP contribution >= 0.6 is 0 Å². The van der Waals surface area contributed by atoms with Gasteiger partial charge in [-0.25, -0.2) is 26.5 Å². The first kappa shape index (κ1) is 15.3. The Balaban J connectivity index is 1.59. The van der Waals surface area contributed by atoms with E-state index >= 15 is 0 Å². The molecular formula is C15H13F2N3O3S. The van der Waals surface area contributed by atoms with Gasteiger partial charge in [-0.15, -0.1) is 0 Å². The highest BCUT2D eigenvalue weighted by Crippen LogP contribution is 2.40. The monoisotopic (exact) mass is 353 g/mol. The normalized spacial score (nSPS) is 21.2. The molecule has 4 rings (SSSR count). The van der Waals surface area contributed by atoms with Crippen LogP contribution in [0.2, 0.25) is 0 Å². The van der Waals surface area contributed by atoms with Crippen LogP contribution in [-0.4, -0.2) is 30.4 Å². The van der Waals surface area contributed by atoms with Gasteiger partial charge in [-0.1, -0.05) is 18.2 Å². The molecule has 1 aliphatic carbocycles. The van der Waals surface area contributed by atoms with Gasteiger partial charge in [0.2, 0.25) is 11.8 Å². The van der Waals surface area contributed by atoms with E-state index in [1.165, 1.54) is 18.3 Å². The van der Waals surface area contributed by atoms with Gasteiger partial charge in [-0.3, -0.25) is 0 Å². The summed E-state index contributed by atoms with van der Waals surface area (Å²) in [6.45, 7) is 0.128. The van der Waals surface area contributed by atoms with E-state index in [0.717, 1.165) is 4.31 Å². The molecule has 1 aromatic carbocycles. The van der Waals surface area contributed by atoms with Crippen molar-refractivity contribution in [3.8, 4) is 5.88 Å². The largest absolute Gasteiger partial charge is 0.474 e. The lowest BCUT2D eigenvalue weighted by atomic mass is 9.91. The number of fused-ring (bicyclic) bond motifs is 1. The number of hydrogen-bond acceptors (Lipinski definition) is 5. The van der Waals surface area contributed by atoms with Crippen LogP contribution in [0.5, 0.6) is 5.88 Å². The number of hydrogen-bond donors (Lipinski definition) is 0. The van der Waals surface area contributed by atoms with Crippen molar-refractivity contribution in [2.45, 2.75) is 36.3 Å². The molecule has 1 aromatic heterocycles. The Labute approximate surface area is 137 Å². The zero-order valence-corrected chi connectivity index (χ0v) is 13.2. The number of benzene rings is 1. The first-order valence-electron chi connectivity index (χ1n) is 7.33. The molecule has 0 spiro atoms. The van der Waals surface area contributed by atoms with Gasteiger partial charge in [0, 0.05) is 25.1 Å². The molecule has 1 aliphatic heterocycles. The predicted molar refractivity (Wildman–Crippen MR) is 80.4 cm³/mol. The summed E-state index contributed by atoms with van der Waals surface area (Å²) in [4.78, 5) is 8.28. The average Bonchev–Trinajstić information content (AvgIpc) is 2.78. The van der Waals surface area contributed by atoms with Gasteiger partial charge in [-0.2, -0.15) is 4.98 Å². The van der Waals surface area contributed by atoms with E-state index in [2.05, 4.69) is 9.97 Å². The van der Waals surface area contributed by atoms with E-state index in [9.17, 15) is 17.2 Å². The number of nitrogens with zero attached hydrogens (tertiary/aromatic N) is 3. The second kappa shape index (κ2) is 5.10. The number of sulfonamides is 1. The van der Waals surface area contributed by atoms with Crippen molar-refractivity contribution >= 4 is 16.0 Å². The summed E-state index contributed by atoms with van der Waals surface area (Å²) >= 11 is 0. The summed E-state index contributed by atoms with van der Waals surface area (Å²) in [7, 11) is -3.72. The Kier molecular flexibility index (Phi) is 3.24. The first-order valence-corrected chi connectivity index (χ1v) is 8.77. The van der Waals surface area contributed by atoms with Crippen molar-refractivity contribution in [1.29, 1.82) is 0 Å². The molecular weight excluding hydrogens is 340 g/mol. The van der Waals surface area contributed by atoms with Crippen molar-refractivity contribution < 1.29 is 21.9 Å². The summed E-state index contributed by atoms with van der Waals surface area (Å²) in [5.41, 5.74) is 0.658. The van der Waals surface area contributed by atoms with Crippen LogP contribution in [0.15, 0.2) is 41.4 Å². The Morgan fingerprint density at radius 1 is 1.21 bits per heavy atom.